The number of benzene rings is 2. The molecule has 2 amide bonds. The van der Waals surface area contributed by atoms with Gasteiger partial charge in [-0.25, -0.2) is 8.42 Å². The SMILES string of the molecule is Cc1cccc(NC(=O)CNC(=O)c2ccc(S(=O)(=O)N3CCC[C@H](C)C3)cc2)c1C. The van der Waals surface area contributed by atoms with Crippen LogP contribution in [-0.2, 0) is 14.8 Å². The van der Waals surface area contributed by atoms with E-state index in [-0.39, 0.29) is 17.3 Å². The van der Waals surface area contributed by atoms with E-state index in [1.807, 2.05) is 39.0 Å². The first-order valence-electron chi connectivity index (χ1n) is 10.4. The lowest BCUT2D eigenvalue weighted by Crippen LogP contribution is -2.39. The van der Waals surface area contributed by atoms with E-state index in [4.69, 9.17) is 0 Å². The number of nitrogens with one attached hydrogen (secondary N) is 2. The summed E-state index contributed by atoms with van der Waals surface area (Å²) in [6.45, 7) is 6.78. The first kappa shape index (κ1) is 23.0. The van der Waals surface area contributed by atoms with Crippen LogP contribution in [0.2, 0.25) is 0 Å². The van der Waals surface area contributed by atoms with Gasteiger partial charge in [0.2, 0.25) is 15.9 Å². The van der Waals surface area contributed by atoms with E-state index in [0.717, 1.165) is 24.0 Å². The van der Waals surface area contributed by atoms with Gasteiger partial charge in [0.05, 0.1) is 11.4 Å². The zero-order valence-corrected chi connectivity index (χ0v) is 19.0. The molecule has 0 bridgehead atoms. The summed E-state index contributed by atoms with van der Waals surface area (Å²) in [7, 11) is -3.57. The summed E-state index contributed by atoms with van der Waals surface area (Å²) in [5.74, 6) is -0.435. The molecular formula is C23H29N3O4S. The second-order valence-corrected chi connectivity index (χ2v) is 10.1. The number of aryl methyl sites for hydroxylation is 1. The van der Waals surface area contributed by atoms with E-state index in [2.05, 4.69) is 10.6 Å². The highest BCUT2D eigenvalue weighted by Crippen LogP contribution is 2.23. The number of amides is 2. The maximum Gasteiger partial charge on any atom is 0.251 e. The highest BCUT2D eigenvalue weighted by Gasteiger charge is 2.28. The van der Waals surface area contributed by atoms with Gasteiger partial charge in [0.25, 0.3) is 5.91 Å². The molecule has 166 valence electrons. The van der Waals surface area contributed by atoms with E-state index in [1.165, 1.54) is 28.6 Å². The molecule has 1 atom stereocenters. The quantitative estimate of drug-likeness (QED) is 0.717. The molecule has 2 aromatic rings. The Kier molecular flexibility index (Phi) is 7.12. The van der Waals surface area contributed by atoms with Crippen LogP contribution in [0.5, 0.6) is 0 Å². The minimum absolute atomic E-state index is 0.172. The van der Waals surface area contributed by atoms with Crippen molar-refractivity contribution in [2.24, 2.45) is 5.92 Å². The molecule has 1 aliphatic heterocycles. The molecule has 0 aromatic heterocycles. The number of sulfonamides is 1. The number of carbonyl (C=O) groups excluding carboxylic acids is 2. The molecule has 0 radical (unpaired) electrons. The molecule has 0 aliphatic carbocycles. The van der Waals surface area contributed by atoms with Gasteiger partial charge in [-0.3, -0.25) is 9.59 Å². The van der Waals surface area contributed by atoms with Crippen molar-refractivity contribution in [1.82, 2.24) is 9.62 Å². The van der Waals surface area contributed by atoms with Crippen LogP contribution in [0.4, 0.5) is 5.69 Å². The van der Waals surface area contributed by atoms with Crippen molar-refractivity contribution in [3.63, 3.8) is 0 Å². The van der Waals surface area contributed by atoms with Crippen LogP contribution in [0.1, 0.15) is 41.3 Å². The van der Waals surface area contributed by atoms with Gasteiger partial charge >= 0.3 is 0 Å². The van der Waals surface area contributed by atoms with Gasteiger partial charge < -0.3 is 10.6 Å². The van der Waals surface area contributed by atoms with Crippen LogP contribution < -0.4 is 10.6 Å². The summed E-state index contributed by atoms with van der Waals surface area (Å²) in [6, 6.07) is 11.5. The highest BCUT2D eigenvalue weighted by atomic mass is 32.2. The van der Waals surface area contributed by atoms with Crippen LogP contribution in [0, 0.1) is 19.8 Å². The summed E-state index contributed by atoms with van der Waals surface area (Å²) in [5, 5.41) is 5.36. The highest BCUT2D eigenvalue weighted by molar-refractivity contribution is 7.89. The first-order valence-corrected chi connectivity index (χ1v) is 11.9. The summed E-state index contributed by atoms with van der Waals surface area (Å²) in [4.78, 5) is 24.7. The van der Waals surface area contributed by atoms with Gasteiger partial charge in [-0.15, -0.1) is 0 Å². The first-order chi connectivity index (χ1) is 14.7. The summed E-state index contributed by atoms with van der Waals surface area (Å²) < 4.78 is 27.2. The number of carbonyl (C=O) groups is 2. The molecule has 8 heteroatoms. The Bertz CT molecular complexity index is 1060. The van der Waals surface area contributed by atoms with Gasteiger partial charge in [0, 0.05) is 24.3 Å². The lowest BCUT2D eigenvalue weighted by atomic mass is 10.0. The average Bonchev–Trinajstić information content (AvgIpc) is 2.75. The maximum atomic E-state index is 12.8. The lowest BCUT2D eigenvalue weighted by molar-refractivity contribution is -0.115. The molecule has 3 rings (SSSR count). The van der Waals surface area contributed by atoms with Gasteiger partial charge in [-0.2, -0.15) is 4.31 Å². The Morgan fingerprint density at radius 3 is 2.48 bits per heavy atom. The van der Waals surface area contributed by atoms with E-state index in [1.54, 1.807) is 0 Å². The van der Waals surface area contributed by atoms with Crippen molar-refractivity contribution in [2.75, 3.05) is 25.0 Å². The predicted octanol–water partition coefficient (Wildman–Crippen LogP) is 3.09. The Labute approximate surface area is 183 Å². The molecule has 1 saturated heterocycles. The number of hydrogen-bond acceptors (Lipinski definition) is 4. The van der Waals surface area contributed by atoms with Crippen molar-refractivity contribution in [3.8, 4) is 0 Å². The largest absolute Gasteiger partial charge is 0.343 e. The minimum atomic E-state index is -3.57. The normalized spacial score (nSPS) is 17.2. The summed E-state index contributed by atoms with van der Waals surface area (Å²) in [5.41, 5.74) is 3.05. The molecule has 7 nitrogen and oxygen atoms in total. The third kappa shape index (κ3) is 5.51. The Balaban J connectivity index is 1.59. The zero-order chi connectivity index (χ0) is 22.6. The Morgan fingerprint density at radius 2 is 1.81 bits per heavy atom. The molecule has 0 unspecified atom stereocenters. The van der Waals surface area contributed by atoms with E-state index < -0.39 is 15.9 Å². The number of anilines is 1. The van der Waals surface area contributed by atoms with Gasteiger partial charge in [-0.1, -0.05) is 19.1 Å². The summed E-state index contributed by atoms with van der Waals surface area (Å²) in [6.07, 6.45) is 1.88. The molecule has 2 aromatic carbocycles. The van der Waals surface area contributed by atoms with E-state index in [9.17, 15) is 18.0 Å². The van der Waals surface area contributed by atoms with Gasteiger partial charge in [0.15, 0.2) is 0 Å². The van der Waals surface area contributed by atoms with Crippen LogP contribution in [-0.4, -0.2) is 44.2 Å². The Morgan fingerprint density at radius 1 is 1.10 bits per heavy atom. The summed E-state index contributed by atoms with van der Waals surface area (Å²) >= 11 is 0. The van der Waals surface area contributed by atoms with Crippen molar-refractivity contribution in [2.45, 2.75) is 38.5 Å². The molecule has 1 fully saturated rings. The van der Waals surface area contributed by atoms with Crippen LogP contribution >= 0.6 is 0 Å². The molecule has 1 aliphatic rings. The molecule has 0 spiro atoms. The second kappa shape index (κ2) is 9.62. The fourth-order valence-electron chi connectivity index (χ4n) is 3.64. The van der Waals surface area contributed by atoms with Crippen molar-refractivity contribution >= 4 is 27.5 Å². The lowest BCUT2D eigenvalue weighted by Gasteiger charge is -2.30. The Hall–Kier alpha value is -2.71. The van der Waals surface area contributed by atoms with Crippen LogP contribution in [0.3, 0.4) is 0 Å². The predicted molar refractivity (Wildman–Crippen MR) is 120 cm³/mol. The van der Waals surface area contributed by atoms with Gasteiger partial charge in [0.1, 0.15) is 0 Å². The smallest absolute Gasteiger partial charge is 0.251 e. The molecule has 31 heavy (non-hydrogen) atoms. The number of hydrogen-bond donors (Lipinski definition) is 2. The van der Waals surface area contributed by atoms with Crippen molar-refractivity contribution in [1.29, 1.82) is 0 Å². The number of nitrogens with zero attached hydrogens (tertiary/aromatic N) is 1. The fourth-order valence-corrected chi connectivity index (χ4v) is 5.23. The fraction of sp³-hybridized carbons (Fsp3) is 0.391. The van der Waals surface area contributed by atoms with Crippen LogP contribution in [0.25, 0.3) is 0 Å². The number of piperidine rings is 1. The molecule has 0 saturated carbocycles. The molecular weight excluding hydrogens is 414 g/mol. The van der Waals surface area contributed by atoms with Crippen molar-refractivity contribution in [3.05, 3.63) is 59.2 Å². The second-order valence-electron chi connectivity index (χ2n) is 8.11. The minimum Gasteiger partial charge on any atom is -0.343 e. The topological polar surface area (TPSA) is 95.6 Å². The van der Waals surface area contributed by atoms with E-state index >= 15 is 0 Å². The van der Waals surface area contributed by atoms with Crippen LogP contribution in [0.15, 0.2) is 47.4 Å². The van der Waals surface area contributed by atoms with Gasteiger partial charge in [-0.05, 0) is 74.1 Å². The van der Waals surface area contributed by atoms with Crippen molar-refractivity contribution < 1.29 is 18.0 Å². The maximum absolute atomic E-state index is 12.8. The standard InChI is InChI=1S/C23H29N3O4S/c1-16-6-5-13-26(15-16)31(29,30)20-11-9-19(10-12-20)23(28)24-14-22(27)25-21-8-4-7-17(2)18(21)3/h4,7-12,16H,5-6,13-15H2,1-3H3,(H,24,28)(H,25,27)/t16-/m0/s1. The average molecular weight is 444 g/mol. The zero-order valence-electron chi connectivity index (χ0n) is 18.1. The molecule has 1 heterocycles. The van der Waals surface area contributed by atoms with E-state index in [0.29, 0.717) is 30.3 Å². The molecule has 2 N–H and O–H groups in total. The monoisotopic (exact) mass is 443 g/mol. The number of rotatable bonds is 6. The third-order valence-corrected chi connectivity index (χ3v) is 7.54. The third-order valence-electron chi connectivity index (χ3n) is 5.66.